The van der Waals surface area contributed by atoms with E-state index in [4.69, 9.17) is 5.14 Å². The van der Waals surface area contributed by atoms with E-state index in [1.54, 1.807) is 13.8 Å². The van der Waals surface area contributed by atoms with Crippen molar-refractivity contribution in [3.05, 3.63) is 54.1 Å². The van der Waals surface area contributed by atoms with Crippen LogP contribution in [-0.4, -0.2) is 19.9 Å². The number of benzene rings is 2. The van der Waals surface area contributed by atoms with Gasteiger partial charge in [0.1, 0.15) is 9.84 Å². The van der Waals surface area contributed by atoms with Crippen molar-refractivity contribution in [1.29, 1.82) is 0 Å². The van der Waals surface area contributed by atoms with Crippen LogP contribution in [0.1, 0.15) is 57.9 Å². The molecule has 0 aromatic heterocycles. The number of sulfone groups is 1. The zero-order valence-electron chi connectivity index (χ0n) is 17.4. The number of nitrogens with two attached hydrogens (primary N) is 1. The molecule has 2 atom stereocenters. The highest BCUT2D eigenvalue weighted by molar-refractivity contribution is 7.97. The highest BCUT2D eigenvalue weighted by atomic mass is 32.2. The molecule has 0 amide bonds. The van der Waals surface area contributed by atoms with Crippen LogP contribution in [0.25, 0.3) is 11.1 Å². The topological polar surface area (TPSA) is 60.2 Å². The van der Waals surface area contributed by atoms with Crippen LogP contribution >= 0.6 is 11.9 Å². The summed E-state index contributed by atoms with van der Waals surface area (Å²) >= 11 is 1.29. The third-order valence-corrected chi connectivity index (χ3v) is 7.96. The molecule has 3 nitrogen and oxygen atoms in total. The minimum absolute atomic E-state index is 0.229. The van der Waals surface area contributed by atoms with E-state index in [2.05, 4.69) is 55.5 Å². The van der Waals surface area contributed by atoms with Gasteiger partial charge in [-0.05, 0) is 79.3 Å². The number of hydrogen-bond donors (Lipinski definition) is 1. The Balaban J connectivity index is 0.000000345. The summed E-state index contributed by atoms with van der Waals surface area (Å²) in [6.45, 7) is 5.65. The molecule has 0 spiro atoms. The second kappa shape index (κ2) is 10.5. The third-order valence-electron chi connectivity index (χ3n) is 5.70. The van der Waals surface area contributed by atoms with Crippen molar-refractivity contribution in [3.63, 3.8) is 0 Å². The van der Waals surface area contributed by atoms with Crippen LogP contribution < -0.4 is 5.14 Å². The first-order chi connectivity index (χ1) is 13.3. The first-order valence-corrected chi connectivity index (χ1v) is 12.9. The quantitative estimate of drug-likeness (QED) is 0.599. The highest BCUT2D eigenvalue weighted by Gasteiger charge is 2.26. The third kappa shape index (κ3) is 6.36. The molecule has 154 valence electrons. The number of rotatable bonds is 5. The Morgan fingerprint density at radius 3 is 1.93 bits per heavy atom. The Labute approximate surface area is 175 Å². The van der Waals surface area contributed by atoms with Crippen LogP contribution in [0.15, 0.2) is 53.4 Å². The maximum atomic E-state index is 10.3. The molecule has 0 heterocycles. The second-order valence-electron chi connectivity index (χ2n) is 7.85. The molecule has 1 aliphatic rings. The molecule has 0 saturated heterocycles. The van der Waals surface area contributed by atoms with Gasteiger partial charge in [-0.3, -0.25) is 5.14 Å². The van der Waals surface area contributed by atoms with Gasteiger partial charge in [0.25, 0.3) is 0 Å². The fraction of sp³-hybridized carbons (Fsp3) is 0.478. The maximum absolute atomic E-state index is 10.3. The lowest BCUT2D eigenvalue weighted by Crippen LogP contribution is -2.10. The number of hydrogen-bond acceptors (Lipinski definition) is 4. The molecule has 2 aromatic rings. The van der Waals surface area contributed by atoms with E-state index in [9.17, 15) is 8.42 Å². The van der Waals surface area contributed by atoms with Gasteiger partial charge in [0.05, 0.1) is 5.25 Å². The van der Waals surface area contributed by atoms with Gasteiger partial charge in [-0.15, -0.1) is 0 Å². The van der Waals surface area contributed by atoms with Crippen LogP contribution in [0.4, 0.5) is 0 Å². The fourth-order valence-electron chi connectivity index (χ4n) is 3.61. The van der Waals surface area contributed by atoms with Gasteiger partial charge >= 0.3 is 0 Å². The summed E-state index contributed by atoms with van der Waals surface area (Å²) in [5, 5.41) is 5.34. The molecule has 0 bridgehead atoms. The lowest BCUT2D eigenvalue weighted by atomic mass is 9.86. The molecule has 3 rings (SSSR count). The van der Waals surface area contributed by atoms with Gasteiger partial charge in [0.2, 0.25) is 0 Å². The first-order valence-electron chi connectivity index (χ1n) is 10.0. The molecular weight excluding hydrogens is 386 g/mol. The average Bonchev–Trinajstić information content (AvgIpc) is 3.17. The summed E-state index contributed by atoms with van der Waals surface area (Å²) in [5.74, 6) is 1.66. The molecule has 2 aromatic carbocycles. The van der Waals surface area contributed by atoms with E-state index in [0.29, 0.717) is 0 Å². The van der Waals surface area contributed by atoms with E-state index in [1.807, 2.05) is 0 Å². The second-order valence-corrected chi connectivity index (χ2v) is 11.2. The molecule has 1 saturated carbocycles. The Hall–Kier alpha value is -1.30. The van der Waals surface area contributed by atoms with E-state index >= 15 is 0 Å². The zero-order chi connectivity index (χ0) is 20.7. The Morgan fingerprint density at radius 1 is 1.00 bits per heavy atom. The van der Waals surface area contributed by atoms with Gasteiger partial charge in [0, 0.05) is 11.2 Å². The summed E-state index contributed by atoms with van der Waals surface area (Å²) in [6.07, 6.45) is 6.70. The minimum atomic E-state index is -2.74. The normalized spacial score (nSPS) is 19.4. The average molecular weight is 420 g/mol. The molecule has 1 fully saturated rings. The van der Waals surface area contributed by atoms with Gasteiger partial charge < -0.3 is 0 Å². The van der Waals surface area contributed by atoms with E-state index in [0.717, 1.165) is 16.7 Å². The zero-order valence-corrected chi connectivity index (χ0v) is 19.0. The maximum Gasteiger partial charge on any atom is 0.149 e. The molecule has 2 N–H and O–H groups in total. The van der Waals surface area contributed by atoms with Crippen molar-refractivity contribution in [3.8, 4) is 11.1 Å². The van der Waals surface area contributed by atoms with Crippen LogP contribution in [-0.2, 0) is 9.84 Å². The molecular formula is C23H33NO2S2. The van der Waals surface area contributed by atoms with Gasteiger partial charge in [0.15, 0.2) is 0 Å². The fourth-order valence-corrected chi connectivity index (χ4v) is 3.91. The summed E-state index contributed by atoms with van der Waals surface area (Å²) in [7, 11) is -2.74. The SMILES string of the molecule is CC(C)S(C)(=O)=O.CCC1CCCC1c1ccc(-c2ccc(SN)cc2)cc1. The van der Waals surface area contributed by atoms with Crippen molar-refractivity contribution < 1.29 is 8.42 Å². The largest absolute Gasteiger partial charge is 0.274 e. The summed E-state index contributed by atoms with van der Waals surface area (Å²) < 4.78 is 20.7. The van der Waals surface area contributed by atoms with Gasteiger partial charge in [-0.25, -0.2) is 8.42 Å². The van der Waals surface area contributed by atoms with Crippen LogP contribution in [0.2, 0.25) is 0 Å². The molecule has 1 aliphatic carbocycles. The van der Waals surface area contributed by atoms with E-state index in [-0.39, 0.29) is 5.25 Å². The summed E-state index contributed by atoms with van der Waals surface area (Å²) in [6, 6.07) is 17.7. The molecule has 0 aliphatic heterocycles. The van der Waals surface area contributed by atoms with Crippen molar-refractivity contribution in [1.82, 2.24) is 0 Å². The van der Waals surface area contributed by atoms with Crippen molar-refractivity contribution in [2.75, 3.05) is 6.26 Å². The summed E-state index contributed by atoms with van der Waals surface area (Å²) in [4.78, 5) is 1.10. The van der Waals surface area contributed by atoms with Gasteiger partial charge in [-0.2, -0.15) is 0 Å². The van der Waals surface area contributed by atoms with Crippen molar-refractivity contribution in [2.45, 2.75) is 62.5 Å². The smallest absolute Gasteiger partial charge is 0.149 e. The standard InChI is InChI=1S/C19H23NS.C4H10O2S/c1-2-14-4-3-5-19(14)17-8-6-15(7-9-17)16-10-12-18(21-20)13-11-16;1-4(2)7(3,5)6/h6-14,19H,2-5,20H2,1H3;4H,1-3H3. The Morgan fingerprint density at radius 2 is 1.50 bits per heavy atom. The molecule has 2 unspecified atom stereocenters. The monoisotopic (exact) mass is 419 g/mol. The summed E-state index contributed by atoms with van der Waals surface area (Å²) in [5.41, 5.74) is 4.08. The van der Waals surface area contributed by atoms with Crippen molar-refractivity contribution in [2.24, 2.45) is 11.1 Å². The van der Waals surface area contributed by atoms with Gasteiger partial charge in [-0.1, -0.05) is 56.2 Å². The van der Waals surface area contributed by atoms with Crippen LogP contribution in [0.3, 0.4) is 0 Å². The minimum Gasteiger partial charge on any atom is -0.274 e. The van der Waals surface area contributed by atoms with Crippen molar-refractivity contribution >= 4 is 21.8 Å². The van der Waals surface area contributed by atoms with E-state index in [1.165, 1.54) is 60.6 Å². The Bertz CT molecular complexity index is 828. The first kappa shape index (κ1) is 23.0. The predicted molar refractivity (Wildman–Crippen MR) is 122 cm³/mol. The highest BCUT2D eigenvalue weighted by Crippen LogP contribution is 2.41. The Kier molecular flexibility index (Phi) is 8.59. The lowest BCUT2D eigenvalue weighted by Gasteiger charge is -2.18. The molecule has 5 heteroatoms. The van der Waals surface area contributed by atoms with Crippen LogP contribution in [0.5, 0.6) is 0 Å². The van der Waals surface area contributed by atoms with E-state index < -0.39 is 9.84 Å². The molecule has 0 radical (unpaired) electrons. The predicted octanol–water partition coefficient (Wildman–Crippen LogP) is 6.05. The lowest BCUT2D eigenvalue weighted by molar-refractivity contribution is 0.470. The van der Waals surface area contributed by atoms with Crippen LogP contribution in [0, 0.1) is 5.92 Å². The molecule has 28 heavy (non-hydrogen) atoms.